The number of sulfonamides is 1. The molecule has 1 fully saturated rings. The number of aromatic nitrogens is 1. The molecule has 32 heavy (non-hydrogen) atoms. The van der Waals surface area contributed by atoms with Crippen LogP contribution in [0.4, 0.5) is 5.69 Å². The highest BCUT2D eigenvalue weighted by molar-refractivity contribution is 7.89. The summed E-state index contributed by atoms with van der Waals surface area (Å²) in [7, 11) is -3.45. The molecule has 7 heteroatoms. The Labute approximate surface area is 195 Å². The number of benzene rings is 2. The summed E-state index contributed by atoms with van der Waals surface area (Å²) in [6.45, 7) is 9.85. The van der Waals surface area contributed by atoms with Crippen molar-refractivity contribution in [1.82, 2.24) is 8.87 Å². The van der Waals surface area contributed by atoms with Gasteiger partial charge in [0.15, 0.2) is 4.80 Å². The van der Waals surface area contributed by atoms with Crippen LogP contribution in [0.1, 0.15) is 40.5 Å². The fraction of sp³-hybridized carbons (Fsp3) is 0.400. The summed E-state index contributed by atoms with van der Waals surface area (Å²) >= 11 is 1.60. The molecule has 5 nitrogen and oxygen atoms in total. The highest BCUT2D eigenvalue weighted by atomic mass is 32.2. The minimum atomic E-state index is -3.45. The molecule has 0 N–H and O–H groups in total. The Hall–Kier alpha value is -2.22. The van der Waals surface area contributed by atoms with E-state index in [1.165, 1.54) is 0 Å². The van der Waals surface area contributed by atoms with Gasteiger partial charge in [0.05, 0.1) is 16.3 Å². The van der Waals surface area contributed by atoms with Gasteiger partial charge in [-0.2, -0.15) is 4.31 Å². The number of piperidine rings is 1. The fourth-order valence-corrected chi connectivity index (χ4v) is 6.59. The van der Waals surface area contributed by atoms with Crippen molar-refractivity contribution in [3.05, 3.63) is 64.8 Å². The molecule has 1 aliphatic rings. The molecule has 170 valence electrons. The van der Waals surface area contributed by atoms with E-state index in [0.29, 0.717) is 23.9 Å². The van der Waals surface area contributed by atoms with Gasteiger partial charge in [0.2, 0.25) is 10.0 Å². The first kappa shape index (κ1) is 23.0. The van der Waals surface area contributed by atoms with Crippen molar-refractivity contribution >= 4 is 27.0 Å². The predicted octanol–water partition coefficient (Wildman–Crippen LogP) is 5.62. The van der Waals surface area contributed by atoms with Crippen LogP contribution in [-0.4, -0.2) is 30.4 Å². The molecule has 1 saturated heterocycles. The minimum absolute atomic E-state index is 0.182. The van der Waals surface area contributed by atoms with Crippen molar-refractivity contribution in [2.75, 3.05) is 13.1 Å². The number of para-hydroxylation sites is 1. The van der Waals surface area contributed by atoms with Crippen LogP contribution in [-0.2, 0) is 15.6 Å². The number of nitrogens with zero attached hydrogens (tertiary/aromatic N) is 3. The summed E-state index contributed by atoms with van der Waals surface area (Å²) in [5.41, 5.74) is 2.75. The average Bonchev–Trinajstić information content (AvgIpc) is 3.19. The Morgan fingerprint density at radius 1 is 0.969 bits per heavy atom. The van der Waals surface area contributed by atoms with E-state index in [1.807, 2.05) is 42.5 Å². The van der Waals surface area contributed by atoms with Gasteiger partial charge >= 0.3 is 0 Å². The molecule has 0 aliphatic carbocycles. The van der Waals surface area contributed by atoms with E-state index in [4.69, 9.17) is 4.99 Å². The van der Waals surface area contributed by atoms with Gasteiger partial charge < -0.3 is 4.57 Å². The van der Waals surface area contributed by atoms with Crippen LogP contribution in [0, 0.1) is 5.92 Å². The molecule has 0 unspecified atom stereocenters. The van der Waals surface area contributed by atoms with E-state index < -0.39 is 10.0 Å². The summed E-state index contributed by atoms with van der Waals surface area (Å²) in [5, 5.41) is 2.10. The lowest BCUT2D eigenvalue weighted by Gasteiger charge is -2.29. The van der Waals surface area contributed by atoms with Crippen LogP contribution in [0.2, 0.25) is 0 Å². The second-order valence-electron chi connectivity index (χ2n) is 9.47. The van der Waals surface area contributed by atoms with Crippen molar-refractivity contribution in [1.29, 1.82) is 0 Å². The predicted molar refractivity (Wildman–Crippen MR) is 132 cm³/mol. The van der Waals surface area contributed by atoms with Gasteiger partial charge in [-0.1, -0.05) is 37.3 Å². The van der Waals surface area contributed by atoms with Gasteiger partial charge in [0, 0.05) is 24.0 Å². The van der Waals surface area contributed by atoms with Gasteiger partial charge in [-0.05, 0) is 69.4 Å². The maximum atomic E-state index is 13.1. The van der Waals surface area contributed by atoms with Crippen molar-refractivity contribution < 1.29 is 8.42 Å². The van der Waals surface area contributed by atoms with E-state index in [-0.39, 0.29) is 5.54 Å². The van der Waals surface area contributed by atoms with Gasteiger partial charge in [-0.3, -0.25) is 0 Å². The highest BCUT2D eigenvalue weighted by Gasteiger charge is 2.28. The molecular formula is C25H31N3O2S2. The lowest BCUT2D eigenvalue weighted by Crippen LogP contribution is -2.37. The first-order valence-electron chi connectivity index (χ1n) is 11.1. The van der Waals surface area contributed by atoms with Crippen LogP contribution in [0.15, 0.2) is 69.9 Å². The van der Waals surface area contributed by atoms with Crippen LogP contribution >= 0.6 is 11.3 Å². The maximum absolute atomic E-state index is 13.1. The zero-order valence-corrected chi connectivity index (χ0v) is 20.8. The first-order valence-corrected chi connectivity index (χ1v) is 13.4. The molecule has 3 aromatic rings. The summed E-state index contributed by atoms with van der Waals surface area (Å²) in [5.74, 6) is 0.589. The molecule has 0 spiro atoms. The normalized spacial score (nSPS) is 17.1. The second-order valence-corrected chi connectivity index (χ2v) is 12.2. The third-order valence-electron chi connectivity index (χ3n) is 5.89. The smallest absolute Gasteiger partial charge is 0.243 e. The molecule has 0 bridgehead atoms. The van der Waals surface area contributed by atoms with Gasteiger partial charge in [-0.15, -0.1) is 11.3 Å². The Bertz CT molecular complexity index is 1230. The largest absolute Gasteiger partial charge is 0.311 e. The monoisotopic (exact) mass is 469 g/mol. The Balaban J connectivity index is 1.70. The fourth-order valence-electron chi connectivity index (χ4n) is 4.02. The molecular weight excluding hydrogens is 438 g/mol. The van der Waals surface area contributed by atoms with Crippen molar-refractivity contribution in [3.8, 4) is 11.3 Å². The zero-order valence-electron chi connectivity index (χ0n) is 19.2. The van der Waals surface area contributed by atoms with Crippen molar-refractivity contribution in [3.63, 3.8) is 0 Å². The second kappa shape index (κ2) is 8.96. The van der Waals surface area contributed by atoms with Gasteiger partial charge in [0.1, 0.15) is 0 Å². The van der Waals surface area contributed by atoms with Crippen LogP contribution in [0.3, 0.4) is 0 Å². The van der Waals surface area contributed by atoms with E-state index >= 15 is 0 Å². The molecule has 2 heterocycles. The summed E-state index contributed by atoms with van der Waals surface area (Å²) in [6.07, 6.45) is 1.84. The summed E-state index contributed by atoms with van der Waals surface area (Å²) in [4.78, 5) is 6.13. The third kappa shape index (κ3) is 4.75. The molecule has 1 aromatic heterocycles. The minimum Gasteiger partial charge on any atom is -0.311 e. The lowest BCUT2D eigenvalue weighted by atomic mass is 10.0. The van der Waals surface area contributed by atoms with E-state index in [9.17, 15) is 8.42 Å². The third-order valence-corrected chi connectivity index (χ3v) is 8.63. The molecule has 0 atom stereocenters. The Morgan fingerprint density at radius 2 is 1.59 bits per heavy atom. The van der Waals surface area contributed by atoms with Crippen LogP contribution in [0.5, 0.6) is 0 Å². The Kier molecular flexibility index (Phi) is 6.43. The first-order chi connectivity index (χ1) is 15.2. The summed E-state index contributed by atoms with van der Waals surface area (Å²) < 4.78 is 30.0. The highest BCUT2D eigenvalue weighted by Crippen LogP contribution is 2.29. The molecule has 0 radical (unpaired) electrons. The van der Waals surface area contributed by atoms with E-state index in [2.05, 4.69) is 37.6 Å². The van der Waals surface area contributed by atoms with Crippen molar-refractivity contribution in [2.24, 2.45) is 10.9 Å². The van der Waals surface area contributed by atoms with Crippen LogP contribution < -0.4 is 4.80 Å². The maximum Gasteiger partial charge on any atom is 0.243 e. The Morgan fingerprint density at radius 3 is 2.19 bits per heavy atom. The van der Waals surface area contributed by atoms with E-state index in [1.54, 1.807) is 27.8 Å². The number of hydrogen-bond donors (Lipinski definition) is 0. The lowest BCUT2D eigenvalue weighted by molar-refractivity contribution is 0.288. The van der Waals surface area contributed by atoms with Gasteiger partial charge in [-0.25, -0.2) is 13.4 Å². The van der Waals surface area contributed by atoms with Crippen molar-refractivity contribution in [2.45, 2.75) is 51.0 Å². The van der Waals surface area contributed by atoms with E-state index in [0.717, 1.165) is 34.6 Å². The van der Waals surface area contributed by atoms with Gasteiger partial charge in [0.25, 0.3) is 0 Å². The number of hydrogen-bond acceptors (Lipinski definition) is 4. The topological polar surface area (TPSA) is 54.7 Å². The van der Waals surface area contributed by atoms with Crippen LogP contribution in [0.25, 0.3) is 11.3 Å². The molecule has 1 aliphatic heterocycles. The SMILES string of the molecule is CC1CCN(S(=O)(=O)c2ccc(-c3csc(=Nc4ccccc4)n3C(C)(C)C)cc2)CC1. The molecule has 0 amide bonds. The quantitative estimate of drug-likeness (QED) is 0.498. The molecule has 2 aromatic carbocycles. The average molecular weight is 470 g/mol. The molecule has 4 rings (SSSR count). The number of rotatable bonds is 4. The zero-order chi connectivity index (χ0) is 22.9. The standard InChI is InChI=1S/C25H31N3O2S2/c1-19-14-16-27(17-15-19)32(29,30)22-12-10-20(11-13-22)23-18-31-24(28(23)25(2,3)4)26-21-8-6-5-7-9-21/h5-13,18-19H,14-17H2,1-4H3. The number of thiazole rings is 1. The summed E-state index contributed by atoms with van der Waals surface area (Å²) in [6, 6.07) is 17.2. The molecule has 0 saturated carbocycles.